The second kappa shape index (κ2) is 3.70. The SMILES string of the molecule is O=CCC1COC2=CCC(O)=CC=C21. The lowest BCUT2D eigenvalue weighted by molar-refractivity contribution is -0.108. The second-order valence-electron chi connectivity index (χ2n) is 3.46. The predicted octanol–water partition coefficient (Wildman–Crippen LogP) is 1.88. The molecule has 1 saturated heterocycles. The van der Waals surface area contributed by atoms with Crippen LogP contribution >= 0.6 is 0 Å². The van der Waals surface area contributed by atoms with Crippen LogP contribution in [0.4, 0.5) is 0 Å². The van der Waals surface area contributed by atoms with E-state index in [1.54, 1.807) is 6.08 Å². The first kappa shape index (κ1) is 9.06. The van der Waals surface area contributed by atoms with E-state index in [0.29, 0.717) is 25.2 Å². The third kappa shape index (κ3) is 1.58. The topological polar surface area (TPSA) is 46.5 Å². The molecule has 0 bridgehead atoms. The summed E-state index contributed by atoms with van der Waals surface area (Å²) in [6.07, 6.45) is 7.27. The molecule has 0 saturated carbocycles. The molecule has 0 spiro atoms. The van der Waals surface area contributed by atoms with Crippen molar-refractivity contribution in [3.63, 3.8) is 0 Å². The van der Waals surface area contributed by atoms with Crippen LogP contribution in [-0.2, 0) is 9.53 Å². The summed E-state index contributed by atoms with van der Waals surface area (Å²) in [5.41, 5.74) is 1.03. The van der Waals surface area contributed by atoms with Gasteiger partial charge in [-0.3, -0.25) is 0 Å². The number of ether oxygens (including phenoxy) is 1. The number of allylic oxidation sites excluding steroid dienone is 4. The number of aldehydes is 1. The molecular weight excluding hydrogens is 180 g/mol. The van der Waals surface area contributed by atoms with Crippen molar-refractivity contribution in [2.24, 2.45) is 5.92 Å². The smallest absolute Gasteiger partial charge is 0.120 e. The Balaban J connectivity index is 2.26. The van der Waals surface area contributed by atoms with Crippen molar-refractivity contribution in [2.45, 2.75) is 12.8 Å². The Morgan fingerprint density at radius 2 is 2.43 bits per heavy atom. The minimum Gasteiger partial charge on any atom is -0.512 e. The first-order valence-corrected chi connectivity index (χ1v) is 4.68. The third-order valence-electron chi connectivity index (χ3n) is 2.50. The molecule has 1 heterocycles. The maximum atomic E-state index is 10.4. The van der Waals surface area contributed by atoms with Crippen molar-refractivity contribution in [1.29, 1.82) is 0 Å². The molecular formula is C11H12O3. The number of carbonyl (C=O) groups is 1. The van der Waals surface area contributed by atoms with Gasteiger partial charge in [0.25, 0.3) is 0 Å². The first-order valence-electron chi connectivity index (χ1n) is 4.68. The molecule has 1 aliphatic heterocycles. The van der Waals surface area contributed by atoms with E-state index in [4.69, 9.17) is 4.74 Å². The normalized spacial score (nSPS) is 25.1. The molecule has 0 radical (unpaired) electrons. The molecule has 3 heteroatoms. The Hall–Kier alpha value is -1.51. The number of aliphatic hydroxyl groups excluding tert-OH is 1. The molecule has 1 atom stereocenters. The largest absolute Gasteiger partial charge is 0.512 e. The Morgan fingerprint density at radius 1 is 1.57 bits per heavy atom. The van der Waals surface area contributed by atoms with Crippen LogP contribution in [-0.4, -0.2) is 18.0 Å². The van der Waals surface area contributed by atoms with Gasteiger partial charge in [0.05, 0.1) is 12.4 Å². The summed E-state index contributed by atoms with van der Waals surface area (Å²) in [4.78, 5) is 10.4. The summed E-state index contributed by atoms with van der Waals surface area (Å²) in [7, 11) is 0. The molecule has 1 N–H and O–H groups in total. The highest BCUT2D eigenvalue weighted by molar-refractivity contribution is 5.53. The van der Waals surface area contributed by atoms with E-state index in [2.05, 4.69) is 0 Å². The highest BCUT2D eigenvalue weighted by Gasteiger charge is 2.27. The molecule has 0 aromatic rings. The van der Waals surface area contributed by atoms with Gasteiger partial charge >= 0.3 is 0 Å². The summed E-state index contributed by atoms with van der Waals surface area (Å²) in [5.74, 6) is 1.30. The Kier molecular flexibility index (Phi) is 2.39. The predicted molar refractivity (Wildman–Crippen MR) is 51.6 cm³/mol. The molecule has 0 aromatic heterocycles. The van der Waals surface area contributed by atoms with E-state index in [9.17, 15) is 9.90 Å². The van der Waals surface area contributed by atoms with Crippen LogP contribution in [0.5, 0.6) is 0 Å². The highest BCUT2D eigenvalue weighted by atomic mass is 16.5. The summed E-state index contributed by atoms with van der Waals surface area (Å²) >= 11 is 0. The van der Waals surface area contributed by atoms with Gasteiger partial charge in [-0.1, -0.05) is 6.08 Å². The lowest BCUT2D eigenvalue weighted by Gasteiger charge is -2.01. The third-order valence-corrected chi connectivity index (χ3v) is 2.50. The Bertz CT molecular complexity index is 336. The maximum absolute atomic E-state index is 10.4. The standard InChI is InChI=1S/C11H12O3/c12-6-5-8-7-14-11-4-2-9(13)1-3-10(8)11/h1,3-4,6,8,13H,2,5,7H2. The molecule has 3 nitrogen and oxygen atoms in total. The minimum atomic E-state index is 0.154. The summed E-state index contributed by atoms with van der Waals surface area (Å²) in [5, 5.41) is 9.31. The lowest BCUT2D eigenvalue weighted by atomic mass is 9.98. The monoisotopic (exact) mass is 192 g/mol. The van der Waals surface area contributed by atoms with E-state index in [0.717, 1.165) is 17.6 Å². The van der Waals surface area contributed by atoms with Gasteiger partial charge in [0.2, 0.25) is 0 Å². The molecule has 1 aliphatic carbocycles. The van der Waals surface area contributed by atoms with E-state index < -0.39 is 0 Å². The molecule has 14 heavy (non-hydrogen) atoms. The van der Waals surface area contributed by atoms with Gasteiger partial charge in [-0.25, -0.2) is 0 Å². The van der Waals surface area contributed by atoms with Crippen LogP contribution in [0.25, 0.3) is 0 Å². The van der Waals surface area contributed by atoms with Crippen molar-refractivity contribution in [1.82, 2.24) is 0 Å². The average Bonchev–Trinajstić information content (AvgIpc) is 2.45. The second-order valence-corrected chi connectivity index (χ2v) is 3.46. The number of carbonyl (C=O) groups excluding carboxylic acids is 1. The van der Waals surface area contributed by atoms with E-state index in [-0.39, 0.29) is 5.92 Å². The zero-order valence-electron chi connectivity index (χ0n) is 7.77. The van der Waals surface area contributed by atoms with Gasteiger partial charge in [-0.15, -0.1) is 0 Å². The molecule has 1 fully saturated rings. The van der Waals surface area contributed by atoms with Crippen LogP contribution in [0.2, 0.25) is 0 Å². The van der Waals surface area contributed by atoms with Gasteiger partial charge < -0.3 is 14.6 Å². The Morgan fingerprint density at radius 3 is 3.21 bits per heavy atom. The van der Waals surface area contributed by atoms with Crippen molar-refractivity contribution in [2.75, 3.05) is 6.61 Å². The average molecular weight is 192 g/mol. The highest BCUT2D eigenvalue weighted by Crippen LogP contribution is 2.33. The van der Waals surface area contributed by atoms with Gasteiger partial charge in [0, 0.05) is 24.3 Å². The summed E-state index contributed by atoms with van der Waals surface area (Å²) in [6, 6.07) is 0. The van der Waals surface area contributed by atoms with Gasteiger partial charge in [0.1, 0.15) is 12.0 Å². The maximum Gasteiger partial charge on any atom is 0.120 e. The number of aliphatic hydroxyl groups is 1. The summed E-state index contributed by atoms with van der Waals surface area (Å²) in [6.45, 7) is 0.574. The fraction of sp³-hybridized carbons (Fsp3) is 0.364. The van der Waals surface area contributed by atoms with Crippen LogP contribution in [0.3, 0.4) is 0 Å². The molecule has 0 amide bonds. The van der Waals surface area contributed by atoms with Crippen molar-refractivity contribution >= 4 is 6.29 Å². The molecule has 1 unspecified atom stereocenters. The lowest BCUT2D eigenvalue weighted by Crippen LogP contribution is -2.01. The van der Waals surface area contributed by atoms with Crippen LogP contribution in [0.1, 0.15) is 12.8 Å². The van der Waals surface area contributed by atoms with Gasteiger partial charge in [-0.05, 0) is 12.2 Å². The number of hydrogen-bond donors (Lipinski definition) is 1. The van der Waals surface area contributed by atoms with Crippen molar-refractivity contribution in [3.05, 3.63) is 35.3 Å². The molecule has 2 aliphatic rings. The van der Waals surface area contributed by atoms with Gasteiger partial charge in [0.15, 0.2) is 0 Å². The first-order chi connectivity index (χ1) is 6.81. The number of rotatable bonds is 2. The van der Waals surface area contributed by atoms with Crippen molar-refractivity contribution in [3.8, 4) is 0 Å². The fourth-order valence-corrected chi connectivity index (χ4v) is 1.72. The molecule has 2 rings (SSSR count). The number of hydrogen-bond acceptors (Lipinski definition) is 3. The quantitative estimate of drug-likeness (QED) is 0.679. The van der Waals surface area contributed by atoms with Crippen LogP contribution < -0.4 is 0 Å². The fourth-order valence-electron chi connectivity index (χ4n) is 1.72. The minimum absolute atomic E-state index is 0.154. The van der Waals surface area contributed by atoms with E-state index in [1.165, 1.54) is 0 Å². The zero-order valence-corrected chi connectivity index (χ0v) is 7.77. The van der Waals surface area contributed by atoms with Crippen molar-refractivity contribution < 1.29 is 14.6 Å². The van der Waals surface area contributed by atoms with Gasteiger partial charge in [-0.2, -0.15) is 0 Å². The van der Waals surface area contributed by atoms with E-state index in [1.807, 2.05) is 12.2 Å². The van der Waals surface area contributed by atoms with Crippen LogP contribution in [0, 0.1) is 5.92 Å². The van der Waals surface area contributed by atoms with E-state index >= 15 is 0 Å². The Labute approximate surface area is 82.4 Å². The number of fused-ring (bicyclic) bond motifs is 1. The molecule has 0 aromatic carbocycles. The summed E-state index contributed by atoms with van der Waals surface area (Å²) < 4.78 is 5.44. The van der Waals surface area contributed by atoms with Crippen LogP contribution in [0.15, 0.2) is 35.3 Å². The zero-order chi connectivity index (χ0) is 9.97. The molecule has 74 valence electrons.